The van der Waals surface area contributed by atoms with E-state index in [1.54, 1.807) is 14.2 Å². The summed E-state index contributed by atoms with van der Waals surface area (Å²) in [4.78, 5) is 15.6. The third-order valence-electron chi connectivity index (χ3n) is 6.06. The smallest absolute Gasteiger partial charge is 0.268 e. The number of benzene rings is 3. The molecule has 2 aliphatic rings. The SMILES string of the molecule is COc1cc2c(cc1OC)C(c1ccccc1)N(C(=O)C1COc3ccccc3O1)CC2. The molecule has 3 aromatic carbocycles. The molecule has 32 heavy (non-hydrogen) atoms. The molecular weight excluding hydrogens is 406 g/mol. The highest BCUT2D eigenvalue weighted by atomic mass is 16.6. The highest BCUT2D eigenvalue weighted by Gasteiger charge is 2.38. The fraction of sp³-hybridized carbons (Fsp3) is 0.269. The van der Waals surface area contributed by atoms with Crippen LogP contribution in [-0.4, -0.2) is 44.3 Å². The van der Waals surface area contributed by atoms with E-state index in [1.807, 2.05) is 71.6 Å². The Morgan fingerprint density at radius 1 is 0.938 bits per heavy atom. The zero-order valence-electron chi connectivity index (χ0n) is 18.1. The summed E-state index contributed by atoms with van der Waals surface area (Å²) in [6.07, 6.45) is 0.0207. The topological polar surface area (TPSA) is 57.2 Å². The zero-order valence-corrected chi connectivity index (χ0v) is 18.1. The standard InChI is InChI=1S/C26H25NO5/c1-29-22-14-18-12-13-27(26(28)24-16-31-20-10-6-7-11-21(20)32-24)25(17-8-4-3-5-9-17)19(18)15-23(22)30-2/h3-11,14-15,24-25H,12-13,16H2,1-2H3. The number of hydrogen-bond acceptors (Lipinski definition) is 5. The first-order valence-electron chi connectivity index (χ1n) is 10.7. The molecule has 1 amide bonds. The fourth-order valence-corrected chi connectivity index (χ4v) is 4.50. The Labute approximate surface area is 187 Å². The predicted molar refractivity (Wildman–Crippen MR) is 120 cm³/mol. The van der Waals surface area contributed by atoms with Gasteiger partial charge >= 0.3 is 0 Å². The van der Waals surface area contributed by atoms with Crippen molar-refractivity contribution < 1.29 is 23.7 Å². The van der Waals surface area contributed by atoms with Gasteiger partial charge < -0.3 is 23.8 Å². The molecule has 0 bridgehead atoms. The molecule has 0 aliphatic carbocycles. The number of ether oxygens (including phenoxy) is 4. The van der Waals surface area contributed by atoms with Crippen molar-refractivity contribution in [3.8, 4) is 23.0 Å². The number of rotatable bonds is 4. The average molecular weight is 431 g/mol. The quantitative estimate of drug-likeness (QED) is 0.625. The van der Waals surface area contributed by atoms with E-state index in [4.69, 9.17) is 18.9 Å². The minimum atomic E-state index is -0.696. The van der Waals surface area contributed by atoms with Crippen LogP contribution < -0.4 is 18.9 Å². The maximum absolute atomic E-state index is 13.7. The van der Waals surface area contributed by atoms with Crippen molar-refractivity contribution in [2.24, 2.45) is 0 Å². The zero-order chi connectivity index (χ0) is 22.1. The summed E-state index contributed by atoms with van der Waals surface area (Å²) in [5.41, 5.74) is 3.21. The summed E-state index contributed by atoms with van der Waals surface area (Å²) < 4.78 is 22.9. The number of carbonyl (C=O) groups excluding carboxylic acids is 1. The molecule has 0 spiro atoms. The number of hydrogen-bond donors (Lipinski definition) is 0. The Morgan fingerprint density at radius 3 is 2.38 bits per heavy atom. The number of nitrogens with zero attached hydrogens (tertiary/aromatic N) is 1. The van der Waals surface area contributed by atoms with Crippen LogP contribution in [0, 0.1) is 0 Å². The Kier molecular flexibility index (Phi) is 5.35. The molecule has 0 fully saturated rings. The van der Waals surface area contributed by atoms with Crippen LogP contribution in [0.25, 0.3) is 0 Å². The van der Waals surface area contributed by atoms with E-state index >= 15 is 0 Å². The monoisotopic (exact) mass is 431 g/mol. The number of para-hydroxylation sites is 2. The molecule has 5 rings (SSSR count). The first-order chi connectivity index (χ1) is 15.7. The Balaban J connectivity index is 1.53. The number of carbonyl (C=O) groups is 1. The molecule has 6 heteroatoms. The van der Waals surface area contributed by atoms with Gasteiger partial charge in [0.2, 0.25) is 6.10 Å². The molecule has 0 radical (unpaired) electrons. The van der Waals surface area contributed by atoms with Crippen molar-refractivity contribution in [1.82, 2.24) is 4.90 Å². The summed E-state index contributed by atoms with van der Waals surface area (Å²) in [5, 5.41) is 0. The largest absolute Gasteiger partial charge is 0.493 e. The van der Waals surface area contributed by atoms with Gasteiger partial charge in [0.15, 0.2) is 23.0 Å². The maximum atomic E-state index is 13.7. The van der Waals surface area contributed by atoms with Crippen LogP contribution in [0.15, 0.2) is 66.7 Å². The van der Waals surface area contributed by atoms with E-state index in [0.29, 0.717) is 29.5 Å². The molecule has 2 heterocycles. The van der Waals surface area contributed by atoms with Gasteiger partial charge in [0.05, 0.1) is 20.3 Å². The van der Waals surface area contributed by atoms with Gasteiger partial charge in [0, 0.05) is 6.54 Å². The van der Waals surface area contributed by atoms with Crippen molar-refractivity contribution in [3.63, 3.8) is 0 Å². The normalized spacial score (nSPS) is 19.1. The number of fused-ring (bicyclic) bond motifs is 2. The minimum absolute atomic E-state index is 0.0891. The second-order valence-corrected chi connectivity index (χ2v) is 7.87. The van der Waals surface area contributed by atoms with Crippen LogP contribution in [0.3, 0.4) is 0 Å². The van der Waals surface area contributed by atoms with E-state index in [2.05, 4.69) is 0 Å². The highest BCUT2D eigenvalue weighted by Crippen LogP contribution is 2.42. The average Bonchev–Trinajstić information content (AvgIpc) is 2.86. The van der Waals surface area contributed by atoms with Crippen LogP contribution in [0.5, 0.6) is 23.0 Å². The summed E-state index contributed by atoms with van der Waals surface area (Å²) in [6, 6.07) is 21.2. The number of amides is 1. The van der Waals surface area contributed by atoms with Crippen molar-refractivity contribution in [2.75, 3.05) is 27.4 Å². The third kappa shape index (κ3) is 3.51. The van der Waals surface area contributed by atoms with Crippen molar-refractivity contribution in [2.45, 2.75) is 18.6 Å². The van der Waals surface area contributed by atoms with Gasteiger partial charge in [-0.2, -0.15) is 0 Å². The molecule has 0 aromatic heterocycles. The number of methoxy groups -OCH3 is 2. The maximum Gasteiger partial charge on any atom is 0.268 e. The molecule has 0 saturated heterocycles. The summed E-state index contributed by atoms with van der Waals surface area (Å²) in [6.45, 7) is 0.759. The molecule has 2 unspecified atom stereocenters. The van der Waals surface area contributed by atoms with Gasteiger partial charge in [-0.3, -0.25) is 4.79 Å². The summed E-state index contributed by atoms with van der Waals surface area (Å²) in [7, 11) is 3.26. The third-order valence-corrected chi connectivity index (χ3v) is 6.06. The second-order valence-electron chi connectivity index (χ2n) is 7.87. The molecule has 0 N–H and O–H groups in total. The fourth-order valence-electron chi connectivity index (χ4n) is 4.50. The van der Waals surface area contributed by atoms with Gasteiger partial charge in [-0.05, 0) is 47.4 Å². The highest BCUT2D eigenvalue weighted by molar-refractivity contribution is 5.83. The van der Waals surface area contributed by atoms with Crippen LogP contribution in [0.2, 0.25) is 0 Å². The summed E-state index contributed by atoms with van der Waals surface area (Å²) in [5.74, 6) is 2.51. The van der Waals surface area contributed by atoms with Crippen molar-refractivity contribution in [3.05, 3.63) is 83.4 Å². The molecule has 164 valence electrons. The van der Waals surface area contributed by atoms with E-state index in [9.17, 15) is 4.79 Å². The van der Waals surface area contributed by atoms with E-state index in [0.717, 1.165) is 23.1 Å². The Hall–Kier alpha value is -3.67. The first kappa shape index (κ1) is 20.2. The van der Waals surface area contributed by atoms with Crippen LogP contribution in [-0.2, 0) is 11.2 Å². The lowest BCUT2D eigenvalue weighted by Gasteiger charge is -2.40. The van der Waals surface area contributed by atoms with Crippen molar-refractivity contribution >= 4 is 5.91 Å². The second kappa shape index (κ2) is 8.46. The molecule has 0 saturated carbocycles. The van der Waals surface area contributed by atoms with Crippen molar-refractivity contribution in [1.29, 1.82) is 0 Å². The molecule has 2 atom stereocenters. The minimum Gasteiger partial charge on any atom is -0.493 e. The first-order valence-corrected chi connectivity index (χ1v) is 10.7. The lowest BCUT2D eigenvalue weighted by Crippen LogP contribution is -2.50. The van der Waals surface area contributed by atoms with E-state index in [-0.39, 0.29) is 18.6 Å². The molecule has 6 nitrogen and oxygen atoms in total. The van der Waals surface area contributed by atoms with Crippen LogP contribution in [0.1, 0.15) is 22.7 Å². The lowest BCUT2D eigenvalue weighted by molar-refractivity contribution is -0.143. The molecule has 2 aliphatic heterocycles. The van der Waals surface area contributed by atoms with Gasteiger partial charge in [-0.1, -0.05) is 42.5 Å². The van der Waals surface area contributed by atoms with Gasteiger partial charge in [0.1, 0.15) is 6.61 Å². The van der Waals surface area contributed by atoms with Crippen LogP contribution >= 0.6 is 0 Å². The predicted octanol–water partition coefficient (Wildman–Crippen LogP) is 4.02. The van der Waals surface area contributed by atoms with Gasteiger partial charge in [0.25, 0.3) is 5.91 Å². The molecule has 3 aromatic rings. The van der Waals surface area contributed by atoms with Crippen LogP contribution in [0.4, 0.5) is 0 Å². The van der Waals surface area contributed by atoms with E-state index < -0.39 is 6.10 Å². The Bertz CT molecular complexity index is 1130. The molecular formula is C26H25NO5. The lowest BCUT2D eigenvalue weighted by atomic mass is 9.87. The van der Waals surface area contributed by atoms with Gasteiger partial charge in [-0.15, -0.1) is 0 Å². The summed E-state index contributed by atoms with van der Waals surface area (Å²) >= 11 is 0. The van der Waals surface area contributed by atoms with Gasteiger partial charge in [-0.25, -0.2) is 0 Å². The Morgan fingerprint density at radius 2 is 1.62 bits per heavy atom. The van der Waals surface area contributed by atoms with E-state index in [1.165, 1.54) is 0 Å².